The highest BCUT2D eigenvalue weighted by atomic mass is 35.5. The SMILES string of the molecule is Cc1ccsc1C(N)c1ccc(Cl)c2ccccc12. The fourth-order valence-corrected chi connectivity index (χ4v) is 3.58. The number of halogens is 1. The molecule has 1 atom stereocenters. The van der Waals surface area contributed by atoms with Gasteiger partial charge in [0.25, 0.3) is 0 Å². The van der Waals surface area contributed by atoms with E-state index in [1.54, 1.807) is 11.3 Å². The zero-order valence-electron chi connectivity index (χ0n) is 10.6. The van der Waals surface area contributed by atoms with Crippen molar-refractivity contribution in [2.24, 2.45) is 5.73 Å². The molecule has 0 bridgehead atoms. The number of nitrogens with two attached hydrogens (primary N) is 1. The molecule has 19 heavy (non-hydrogen) atoms. The zero-order valence-corrected chi connectivity index (χ0v) is 12.1. The summed E-state index contributed by atoms with van der Waals surface area (Å²) in [6, 6.07) is 14.1. The molecule has 0 saturated heterocycles. The second kappa shape index (κ2) is 4.97. The molecule has 1 aromatic heterocycles. The highest BCUT2D eigenvalue weighted by Gasteiger charge is 2.16. The van der Waals surface area contributed by atoms with Gasteiger partial charge in [0, 0.05) is 15.3 Å². The smallest absolute Gasteiger partial charge is 0.0654 e. The average molecular weight is 288 g/mol. The van der Waals surface area contributed by atoms with Crippen LogP contribution < -0.4 is 5.73 Å². The Kier molecular flexibility index (Phi) is 3.31. The Bertz CT molecular complexity index is 732. The summed E-state index contributed by atoms with van der Waals surface area (Å²) < 4.78 is 0. The van der Waals surface area contributed by atoms with Gasteiger partial charge in [0.2, 0.25) is 0 Å². The first-order valence-corrected chi connectivity index (χ1v) is 7.41. The van der Waals surface area contributed by atoms with E-state index in [1.165, 1.54) is 10.4 Å². The lowest BCUT2D eigenvalue weighted by Gasteiger charge is -2.15. The van der Waals surface area contributed by atoms with Crippen LogP contribution in [0.15, 0.2) is 47.8 Å². The molecule has 0 aliphatic carbocycles. The molecule has 0 aliphatic rings. The number of hydrogen-bond donors (Lipinski definition) is 1. The van der Waals surface area contributed by atoms with Crippen LogP contribution >= 0.6 is 22.9 Å². The van der Waals surface area contributed by atoms with Crippen LogP contribution in [-0.2, 0) is 0 Å². The van der Waals surface area contributed by atoms with Crippen molar-refractivity contribution >= 4 is 33.7 Å². The Morgan fingerprint density at radius 3 is 2.47 bits per heavy atom. The molecule has 1 unspecified atom stereocenters. The summed E-state index contributed by atoms with van der Waals surface area (Å²) in [6.07, 6.45) is 0. The Balaban J connectivity index is 2.21. The van der Waals surface area contributed by atoms with Gasteiger partial charge in [0.05, 0.1) is 6.04 Å². The molecule has 0 aliphatic heterocycles. The minimum absolute atomic E-state index is 0.0952. The largest absolute Gasteiger partial charge is 0.320 e. The number of fused-ring (bicyclic) bond motifs is 1. The second-order valence-corrected chi connectivity index (χ2v) is 5.98. The quantitative estimate of drug-likeness (QED) is 0.712. The molecule has 0 amide bonds. The molecular formula is C16H14ClNS. The zero-order chi connectivity index (χ0) is 13.4. The van der Waals surface area contributed by atoms with E-state index < -0.39 is 0 Å². The van der Waals surface area contributed by atoms with Gasteiger partial charge < -0.3 is 5.73 Å². The summed E-state index contributed by atoms with van der Waals surface area (Å²) in [5.74, 6) is 0. The van der Waals surface area contributed by atoms with Gasteiger partial charge in [0.1, 0.15) is 0 Å². The molecular weight excluding hydrogens is 274 g/mol. The van der Waals surface area contributed by atoms with E-state index in [4.69, 9.17) is 17.3 Å². The van der Waals surface area contributed by atoms with Crippen LogP contribution in [0.4, 0.5) is 0 Å². The van der Waals surface area contributed by atoms with E-state index in [0.717, 1.165) is 21.4 Å². The van der Waals surface area contributed by atoms with Gasteiger partial charge in [-0.1, -0.05) is 41.9 Å². The molecule has 3 rings (SSSR count). The van der Waals surface area contributed by atoms with E-state index in [2.05, 4.69) is 24.4 Å². The third kappa shape index (κ3) is 2.16. The Morgan fingerprint density at radius 1 is 1.05 bits per heavy atom. The lowest BCUT2D eigenvalue weighted by molar-refractivity contribution is 0.895. The molecule has 1 nitrogen and oxygen atoms in total. The van der Waals surface area contributed by atoms with Gasteiger partial charge in [-0.15, -0.1) is 11.3 Å². The van der Waals surface area contributed by atoms with E-state index in [1.807, 2.05) is 30.3 Å². The lowest BCUT2D eigenvalue weighted by Crippen LogP contribution is -2.11. The maximum absolute atomic E-state index is 6.45. The summed E-state index contributed by atoms with van der Waals surface area (Å²) >= 11 is 7.96. The summed E-state index contributed by atoms with van der Waals surface area (Å²) in [6.45, 7) is 2.10. The topological polar surface area (TPSA) is 26.0 Å². The van der Waals surface area contributed by atoms with Crippen molar-refractivity contribution in [2.75, 3.05) is 0 Å². The molecule has 2 N–H and O–H groups in total. The van der Waals surface area contributed by atoms with Gasteiger partial charge in [-0.25, -0.2) is 0 Å². The summed E-state index contributed by atoms with van der Waals surface area (Å²) in [5.41, 5.74) is 8.82. The summed E-state index contributed by atoms with van der Waals surface area (Å²) in [4.78, 5) is 1.22. The van der Waals surface area contributed by atoms with Crippen molar-refractivity contribution in [3.05, 3.63) is 68.9 Å². The molecule has 3 heteroatoms. The van der Waals surface area contributed by atoms with Gasteiger partial charge in [-0.3, -0.25) is 0 Å². The Labute approximate surface area is 121 Å². The molecule has 0 spiro atoms. The van der Waals surface area contributed by atoms with Gasteiger partial charge in [0.15, 0.2) is 0 Å². The van der Waals surface area contributed by atoms with Crippen LogP contribution in [0.5, 0.6) is 0 Å². The van der Waals surface area contributed by atoms with E-state index in [9.17, 15) is 0 Å². The molecule has 1 heterocycles. The second-order valence-electron chi connectivity index (χ2n) is 4.63. The van der Waals surface area contributed by atoms with Crippen molar-refractivity contribution in [3.63, 3.8) is 0 Å². The third-order valence-electron chi connectivity index (χ3n) is 3.42. The van der Waals surface area contributed by atoms with Crippen molar-refractivity contribution in [1.82, 2.24) is 0 Å². The van der Waals surface area contributed by atoms with Crippen molar-refractivity contribution < 1.29 is 0 Å². The molecule has 2 aromatic carbocycles. The number of aryl methyl sites for hydroxylation is 1. The monoisotopic (exact) mass is 287 g/mol. The van der Waals surface area contributed by atoms with Crippen molar-refractivity contribution in [2.45, 2.75) is 13.0 Å². The first-order chi connectivity index (χ1) is 9.18. The summed E-state index contributed by atoms with van der Waals surface area (Å²) in [7, 11) is 0. The van der Waals surface area contributed by atoms with Crippen molar-refractivity contribution in [1.29, 1.82) is 0 Å². The van der Waals surface area contributed by atoms with Crippen LogP contribution in [0.1, 0.15) is 22.0 Å². The van der Waals surface area contributed by atoms with Gasteiger partial charge in [-0.2, -0.15) is 0 Å². The Hall–Kier alpha value is -1.35. The minimum atomic E-state index is -0.0952. The van der Waals surface area contributed by atoms with Gasteiger partial charge >= 0.3 is 0 Å². The Morgan fingerprint density at radius 2 is 1.79 bits per heavy atom. The van der Waals surface area contributed by atoms with Crippen LogP contribution in [0.3, 0.4) is 0 Å². The first-order valence-electron chi connectivity index (χ1n) is 6.15. The molecule has 96 valence electrons. The number of rotatable bonds is 2. The van der Waals surface area contributed by atoms with Crippen LogP contribution in [0.25, 0.3) is 10.8 Å². The van der Waals surface area contributed by atoms with E-state index >= 15 is 0 Å². The summed E-state index contributed by atoms with van der Waals surface area (Å²) in [5, 5.41) is 5.05. The maximum Gasteiger partial charge on any atom is 0.0654 e. The normalized spacial score (nSPS) is 12.8. The van der Waals surface area contributed by atoms with E-state index in [0.29, 0.717) is 0 Å². The number of hydrogen-bond acceptors (Lipinski definition) is 2. The van der Waals surface area contributed by atoms with Crippen LogP contribution in [0, 0.1) is 6.92 Å². The lowest BCUT2D eigenvalue weighted by atomic mass is 9.97. The minimum Gasteiger partial charge on any atom is -0.320 e. The first kappa shape index (κ1) is 12.7. The molecule has 3 aromatic rings. The van der Waals surface area contributed by atoms with E-state index in [-0.39, 0.29) is 6.04 Å². The fraction of sp³-hybridized carbons (Fsp3) is 0.125. The standard InChI is InChI=1S/C16H14ClNS/c1-10-8-9-19-16(10)15(18)13-6-7-14(17)12-5-3-2-4-11(12)13/h2-9,15H,18H2,1H3. The molecule has 0 fully saturated rings. The number of benzene rings is 2. The van der Waals surface area contributed by atoms with Crippen LogP contribution in [0.2, 0.25) is 5.02 Å². The maximum atomic E-state index is 6.45. The average Bonchev–Trinajstić information content (AvgIpc) is 2.85. The predicted octanol–water partition coefficient (Wildman–Crippen LogP) is 4.91. The molecule has 0 saturated carbocycles. The molecule has 0 radical (unpaired) electrons. The van der Waals surface area contributed by atoms with Gasteiger partial charge in [-0.05, 0) is 40.9 Å². The number of thiophene rings is 1. The highest BCUT2D eigenvalue weighted by molar-refractivity contribution is 7.10. The highest BCUT2D eigenvalue weighted by Crippen LogP contribution is 2.34. The third-order valence-corrected chi connectivity index (χ3v) is 4.86. The van der Waals surface area contributed by atoms with Crippen molar-refractivity contribution in [3.8, 4) is 0 Å². The van der Waals surface area contributed by atoms with Crippen LogP contribution in [-0.4, -0.2) is 0 Å². The fourth-order valence-electron chi connectivity index (χ4n) is 2.40. The predicted molar refractivity (Wildman–Crippen MR) is 84.0 cm³/mol.